The molecule has 0 heterocycles. The molecule has 0 saturated heterocycles. The molecule has 0 unspecified atom stereocenters. The Morgan fingerprint density at radius 2 is 2.12 bits per heavy atom. The molecule has 3 nitrogen and oxygen atoms in total. The number of benzene rings is 1. The Bertz CT molecular complexity index is 363. The lowest BCUT2D eigenvalue weighted by atomic mass is 10.1. The Morgan fingerprint density at radius 1 is 1.35 bits per heavy atom. The lowest BCUT2D eigenvalue weighted by Crippen LogP contribution is -2.32. The molecule has 0 aliphatic rings. The first-order valence-electron chi connectivity index (χ1n) is 6.11. The number of rotatable bonds is 7. The number of carboxylic acids is 1. The third-order valence-electron chi connectivity index (χ3n) is 2.70. The van der Waals surface area contributed by atoms with Gasteiger partial charge in [-0.25, -0.2) is 0 Å². The van der Waals surface area contributed by atoms with E-state index >= 15 is 0 Å². The quantitative estimate of drug-likeness (QED) is 0.788. The van der Waals surface area contributed by atoms with Crippen LogP contribution in [0, 0.1) is 6.92 Å². The van der Waals surface area contributed by atoms with Crippen molar-refractivity contribution < 1.29 is 9.90 Å². The van der Waals surface area contributed by atoms with Crippen LogP contribution >= 0.6 is 0 Å². The third kappa shape index (κ3) is 5.50. The number of aliphatic carboxylic acids is 1. The second-order valence-corrected chi connectivity index (χ2v) is 4.41. The zero-order valence-electron chi connectivity index (χ0n) is 10.6. The van der Waals surface area contributed by atoms with Crippen molar-refractivity contribution in [3.05, 3.63) is 35.4 Å². The minimum atomic E-state index is -0.748. The highest BCUT2D eigenvalue weighted by Crippen LogP contribution is 2.06. The number of carbonyl (C=O) groups is 1. The van der Waals surface area contributed by atoms with Crippen molar-refractivity contribution in [3.8, 4) is 0 Å². The van der Waals surface area contributed by atoms with Crippen LogP contribution in [-0.2, 0) is 11.2 Å². The van der Waals surface area contributed by atoms with Crippen molar-refractivity contribution in [1.29, 1.82) is 0 Å². The van der Waals surface area contributed by atoms with E-state index in [1.165, 1.54) is 11.1 Å². The van der Waals surface area contributed by atoms with Crippen molar-refractivity contribution >= 4 is 5.97 Å². The summed E-state index contributed by atoms with van der Waals surface area (Å²) in [5, 5.41) is 8.81. The Kier molecular flexibility index (Phi) is 5.70. The molecule has 0 atom stereocenters. The molecule has 94 valence electrons. The van der Waals surface area contributed by atoms with Crippen LogP contribution in [0.4, 0.5) is 0 Å². The molecule has 1 aromatic rings. The summed E-state index contributed by atoms with van der Waals surface area (Å²) in [7, 11) is 0. The van der Waals surface area contributed by atoms with Gasteiger partial charge in [0.05, 0.1) is 6.54 Å². The maximum atomic E-state index is 10.7. The molecule has 1 aromatic carbocycles. The molecular formula is C14H21NO2. The molecule has 0 aliphatic heterocycles. The van der Waals surface area contributed by atoms with E-state index in [9.17, 15) is 4.79 Å². The van der Waals surface area contributed by atoms with Gasteiger partial charge < -0.3 is 5.11 Å². The fraction of sp³-hybridized carbons (Fsp3) is 0.500. The van der Waals surface area contributed by atoms with E-state index in [2.05, 4.69) is 32.0 Å². The molecule has 0 bridgehead atoms. The van der Waals surface area contributed by atoms with E-state index in [4.69, 9.17) is 5.11 Å². The first kappa shape index (κ1) is 13.7. The van der Waals surface area contributed by atoms with Gasteiger partial charge in [0.2, 0.25) is 0 Å². The van der Waals surface area contributed by atoms with Gasteiger partial charge in [0.25, 0.3) is 0 Å². The van der Waals surface area contributed by atoms with Gasteiger partial charge in [0.1, 0.15) is 0 Å². The Balaban J connectivity index is 2.48. The minimum Gasteiger partial charge on any atom is -0.480 e. The zero-order valence-corrected chi connectivity index (χ0v) is 10.6. The summed E-state index contributed by atoms with van der Waals surface area (Å²) in [6.07, 6.45) is 1.90. The molecule has 3 heteroatoms. The number of nitrogens with zero attached hydrogens (tertiary/aromatic N) is 1. The summed E-state index contributed by atoms with van der Waals surface area (Å²) in [6, 6.07) is 8.37. The third-order valence-corrected chi connectivity index (χ3v) is 2.70. The molecule has 0 aromatic heterocycles. The van der Waals surface area contributed by atoms with Gasteiger partial charge >= 0.3 is 5.97 Å². The van der Waals surface area contributed by atoms with E-state index < -0.39 is 5.97 Å². The van der Waals surface area contributed by atoms with Crippen molar-refractivity contribution in [3.63, 3.8) is 0 Å². The van der Waals surface area contributed by atoms with Gasteiger partial charge in [-0.3, -0.25) is 9.69 Å². The summed E-state index contributed by atoms with van der Waals surface area (Å²) >= 11 is 0. The van der Waals surface area contributed by atoms with E-state index in [0.29, 0.717) is 0 Å². The highest BCUT2D eigenvalue weighted by molar-refractivity contribution is 5.69. The molecule has 1 N–H and O–H groups in total. The topological polar surface area (TPSA) is 40.5 Å². The molecule has 0 saturated carbocycles. The van der Waals surface area contributed by atoms with Gasteiger partial charge in [-0.1, -0.05) is 36.8 Å². The van der Waals surface area contributed by atoms with Crippen LogP contribution in [0.3, 0.4) is 0 Å². The average Bonchev–Trinajstić information content (AvgIpc) is 2.26. The van der Waals surface area contributed by atoms with Gasteiger partial charge in [-0.05, 0) is 31.9 Å². The average molecular weight is 235 g/mol. The second kappa shape index (κ2) is 7.07. The van der Waals surface area contributed by atoms with E-state index in [1.54, 1.807) is 0 Å². The van der Waals surface area contributed by atoms with Crippen LogP contribution in [0.5, 0.6) is 0 Å². The minimum absolute atomic E-state index is 0.139. The number of hydrogen-bond donors (Lipinski definition) is 1. The molecule has 1 rings (SSSR count). The van der Waals surface area contributed by atoms with Crippen LogP contribution in [0.15, 0.2) is 24.3 Å². The van der Waals surface area contributed by atoms with Crippen molar-refractivity contribution in [2.45, 2.75) is 26.7 Å². The van der Waals surface area contributed by atoms with E-state index in [1.807, 2.05) is 11.0 Å². The van der Waals surface area contributed by atoms with Crippen molar-refractivity contribution in [2.75, 3.05) is 19.6 Å². The maximum Gasteiger partial charge on any atom is 0.317 e. The van der Waals surface area contributed by atoms with Gasteiger partial charge in [0.15, 0.2) is 0 Å². The Hall–Kier alpha value is -1.35. The molecule has 0 amide bonds. The SMILES string of the molecule is CCCN(CCc1cccc(C)c1)CC(=O)O. The van der Waals surface area contributed by atoms with Gasteiger partial charge in [-0.2, -0.15) is 0 Å². The molecule has 0 radical (unpaired) electrons. The summed E-state index contributed by atoms with van der Waals surface area (Å²) in [6.45, 7) is 5.94. The Morgan fingerprint density at radius 3 is 2.71 bits per heavy atom. The summed E-state index contributed by atoms with van der Waals surface area (Å²) < 4.78 is 0. The van der Waals surface area contributed by atoms with Crippen LogP contribution in [0.1, 0.15) is 24.5 Å². The normalized spacial score (nSPS) is 10.8. The van der Waals surface area contributed by atoms with Gasteiger partial charge in [0, 0.05) is 6.54 Å². The van der Waals surface area contributed by atoms with Crippen LogP contribution < -0.4 is 0 Å². The van der Waals surface area contributed by atoms with E-state index in [0.717, 1.165) is 25.9 Å². The monoisotopic (exact) mass is 235 g/mol. The predicted molar refractivity (Wildman–Crippen MR) is 69.2 cm³/mol. The number of aryl methyl sites for hydroxylation is 1. The lowest BCUT2D eigenvalue weighted by molar-refractivity contribution is -0.138. The standard InChI is InChI=1S/C14H21NO2/c1-3-8-15(11-14(16)17)9-7-13-6-4-5-12(2)10-13/h4-6,10H,3,7-9,11H2,1-2H3,(H,16,17). The smallest absolute Gasteiger partial charge is 0.317 e. The highest BCUT2D eigenvalue weighted by Gasteiger charge is 2.08. The Labute approximate surface area is 103 Å². The molecule has 0 spiro atoms. The summed E-state index contributed by atoms with van der Waals surface area (Å²) in [4.78, 5) is 12.7. The first-order valence-corrected chi connectivity index (χ1v) is 6.11. The summed E-state index contributed by atoms with van der Waals surface area (Å²) in [5.74, 6) is -0.748. The molecule has 0 fully saturated rings. The fourth-order valence-electron chi connectivity index (χ4n) is 1.93. The van der Waals surface area contributed by atoms with Crippen molar-refractivity contribution in [2.24, 2.45) is 0 Å². The predicted octanol–water partition coefficient (Wildman–Crippen LogP) is 2.33. The summed E-state index contributed by atoms with van der Waals surface area (Å²) in [5.41, 5.74) is 2.53. The highest BCUT2D eigenvalue weighted by atomic mass is 16.4. The lowest BCUT2D eigenvalue weighted by Gasteiger charge is -2.19. The number of carboxylic acid groups (broad SMARTS) is 1. The maximum absolute atomic E-state index is 10.7. The fourth-order valence-corrected chi connectivity index (χ4v) is 1.93. The number of hydrogen-bond acceptors (Lipinski definition) is 2. The largest absolute Gasteiger partial charge is 0.480 e. The zero-order chi connectivity index (χ0) is 12.7. The van der Waals surface area contributed by atoms with Crippen LogP contribution in [-0.4, -0.2) is 35.6 Å². The first-order chi connectivity index (χ1) is 8.11. The second-order valence-electron chi connectivity index (χ2n) is 4.41. The molecule has 17 heavy (non-hydrogen) atoms. The van der Waals surface area contributed by atoms with Crippen molar-refractivity contribution in [1.82, 2.24) is 4.90 Å². The molecular weight excluding hydrogens is 214 g/mol. The van der Waals surface area contributed by atoms with Crippen LogP contribution in [0.2, 0.25) is 0 Å². The van der Waals surface area contributed by atoms with Gasteiger partial charge in [-0.15, -0.1) is 0 Å². The van der Waals surface area contributed by atoms with Crippen LogP contribution in [0.25, 0.3) is 0 Å². The molecule has 0 aliphatic carbocycles. The van der Waals surface area contributed by atoms with E-state index in [-0.39, 0.29) is 6.54 Å².